The highest BCUT2D eigenvalue weighted by Crippen LogP contribution is 2.45. The van der Waals surface area contributed by atoms with Crippen molar-refractivity contribution in [3.8, 4) is 0 Å². The molecule has 56 valence electrons. The number of amides is 1. The number of likely N-dealkylation sites (tertiary alicyclic amines) is 1. The summed E-state index contributed by atoms with van der Waals surface area (Å²) in [5, 5.41) is 0. The largest absolute Gasteiger partial charge is 0.337 e. The van der Waals surface area contributed by atoms with Gasteiger partial charge in [0.05, 0.1) is 0 Å². The van der Waals surface area contributed by atoms with Gasteiger partial charge in [0.1, 0.15) is 0 Å². The summed E-state index contributed by atoms with van der Waals surface area (Å²) in [5.74, 6) is 1.10. The summed E-state index contributed by atoms with van der Waals surface area (Å²) < 4.78 is 0. The van der Waals surface area contributed by atoms with Gasteiger partial charge in [0.25, 0.3) is 0 Å². The minimum Gasteiger partial charge on any atom is -0.337 e. The molecule has 2 nitrogen and oxygen atoms in total. The number of hydrogen-bond acceptors (Lipinski definition) is 1. The molecule has 1 unspecified atom stereocenters. The van der Waals surface area contributed by atoms with Gasteiger partial charge in [0.15, 0.2) is 0 Å². The van der Waals surface area contributed by atoms with Gasteiger partial charge in [-0.3, -0.25) is 4.79 Å². The predicted octanol–water partition coefficient (Wildman–Crippen LogP) is 1.02. The van der Waals surface area contributed by atoms with Crippen LogP contribution < -0.4 is 0 Å². The Bertz CT molecular complexity index is 176. The SMILES string of the molecule is CC(C)N1C(=O)CC2C[C@@H]21. The molecule has 0 aromatic rings. The average Bonchev–Trinajstić information content (AvgIpc) is 2.42. The van der Waals surface area contributed by atoms with Crippen LogP contribution in [0.4, 0.5) is 0 Å². The van der Waals surface area contributed by atoms with Crippen LogP contribution in [0, 0.1) is 5.92 Å². The summed E-state index contributed by atoms with van der Waals surface area (Å²) in [4.78, 5) is 13.2. The molecule has 0 spiro atoms. The molecule has 0 bridgehead atoms. The highest BCUT2D eigenvalue weighted by molar-refractivity contribution is 5.81. The van der Waals surface area contributed by atoms with Gasteiger partial charge < -0.3 is 4.90 Å². The summed E-state index contributed by atoms with van der Waals surface area (Å²) in [5.41, 5.74) is 0. The standard InChI is InChI=1S/C8H13NO/c1-5(2)9-7-3-6(7)4-8(9)10/h5-7H,3-4H2,1-2H3/t6?,7-/m0/s1. The quantitative estimate of drug-likeness (QED) is 0.531. The van der Waals surface area contributed by atoms with Crippen molar-refractivity contribution in [1.82, 2.24) is 4.90 Å². The van der Waals surface area contributed by atoms with E-state index in [0.717, 1.165) is 12.3 Å². The number of piperidine rings is 1. The first kappa shape index (κ1) is 6.20. The third-order valence-corrected chi connectivity index (χ3v) is 2.52. The van der Waals surface area contributed by atoms with E-state index in [-0.39, 0.29) is 0 Å². The van der Waals surface area contributed by atoms with E-state index in [0.29, 0.717) is 18.0 Å². The van der Waals surface area contributed by atoms with Crippen LogP contribution in [0.2, 0.25) is 0 Å². The summed E-state index contributed by atoms with van der Waals surface area (Å²) in [6.45, 7) is 4.19. The van der Waals surface area contributed by atoms with E-state index in [4.69, 9.17) is 0 Å². The van der Waals surface area contributed by atoms with Gasteiger partial charge in [0.2, 0.25) is 5.91 Å². The minimum absolute atomic E-state index is 0.372. The lowest BCUT2D eigenvalue weighted by molar-refractivity contribution is -0.130. The Morgan fingerprint density at radius 2 is 2.30 bits per heavy atom. The Hall–Kier alpha value is -0.530. The normalized spacial score (nSPS) is 37.1. The van der Waals surface area contributed by atoms with Gasteiger partial charge in [-0.25, -0.2) is 0 Å². The molecular formula is C8H13NO. The summed E-state index contributed by atoms with van der Waals surface area (Å²) in [6.07, 6.45) is 2.09. The Morgan fingerprint density at radius 3 is 2.60 bits per heavy atom. The zero-order valence-corrected chi connectivity index (χ0v) is 6.50. The molecule has 2 fully saturated rings. The lowest BCUT2D eigenvalue weighted by Crippen LogP contribution is -2.34. The van der Waals surface area contributed by atoms with E-state index < -0.39 is 0 Å². The number of nitrogens with zero attached hydrogens (tertiary/aromatic N) is 1. The Kier molecular flexibility index (Phi) is 1.08. The van der Waals surface area contributed by atoms with Crippen LogP contribution in [0.3, 0.4) is 0 Å². The number of carbonyl (C=O) groups excluding carboxylic acids is 1. The molecule has 1 saturated heterocycles. The molecule has 0 radical (unpaired) electrons. The van der Waals surface area contributed by atoms with Gasteiger partial charge in [-0.2, -0.15) is 0 Å². The molecule has 10 heavy (non-hydrogen) atoms. The number of hydrogen-bond donors (Lipinski definition) is 0. The second-order valence-electron chi connectivity index (χ2n) is 3.66. The summed E-state index contributed by atoms with van der Waals surface area (Å²) in [7, 11) is 0. The van der Waals surface area contributed by atoms with Crippen molar-refractivity contribution in [2.45, 2.75) is 38.8 Å². The third kappa shape index (κ3) is 0.678. The van der Waals surface area contributed by atoms with Crippen molar-refractivity contribution in [3.63, 3.8) is 0 Å². The maximum atomic E-state index is 11.2. The molecule has 0 aromatic heterocycles. The Morgan fingerprint density at radius 1 is 1.60 bits per heavy atom. The smallest absolute Gasteiger partial charge is 0.223 e. The fourth-order valence-electron chi connectivity index (χ4n) is 1.98. The maximum Gasteiger partial charge on any atom is 0.223 e. The first-order valence-corrected chi connectivity index (χ1v) is 4.01. The van der Waals surface area contributed by atoms with Crippen LogP contribution in [0.25, 0.3) is 0 Å². The first-order valence-electron chi connectivity index (χ1n) is 4.01. The molecule has 0 N–H and O–H groups in total. The fourth-order valence-corrected chi connectivity index (χ4v) is 1.98. The molecule has 2 aliphatic rings. The molecule has 1 aliphatic heterocycles. The molecule has 1 saturated carbocycles. The van der Waals surface area contributed by atoms with Crippen molar-refractivity contribution < 1.29 is 4.79 Å². The maximum absolute atomic E-state index is 11.2. The van der Waals surface area contributed by atoms with Crippen molar-refractivity contribution in [1.29, 1.82) is 0 Å². The van der Waals surface area contributed by atoms with E-state index in [1.165, 1.54) is 6.42 Å². The zero-order valence-electron chi connectivity index (χ0n) is 6.50. The second-order valence-corrected chi connectivity index (χ2v) is 3.66. The van der Waals surface area contributed by atoms with E-state index >= 15 is 0 Å². The Balaban J connectivity index is 2.12. The highest BCUT2D eigenvalue weighted by Gasteiger charge is 2.51. The fraction of sp³-hybridized carbons (Fsp3) is 0.875. The van der Waals surface area contributed by atoms with Crippen molar-refractivity contribution >= 4 is 5.91 Å². The van der Waals surface area contributed by atoms with Crippen LogP contribution in [-0.2, 0) is 4.79 Å². The second kappa shape index (κ2) is 1.74. The monoisotopic (exact) mass is 139 g/mol. The molecule has 2 rings (SSSR count). The zero-order chi connectivity index (χ0) is 7.30. The van der Waals surface area contributed by atoms with Crippen LogP contribution in [0.5, 0.6) is 0 Å². The van der Waals surface area contributed by atoms with Crippen LogP contribution in [0.15, 0.2) is 0 Å². The summed E-state index contributed by atoms with van der Waals surface area (Å²) in [6, 6.07) is 1.05. The highest BCUT2D eigenvalue weighted by atomic mass is 16.2. The van der Waals surface area contributed by atoms with Gasteiger partial charge in [-0.15, -0.1) is 0 Å². The lowest BCUT2D eigenvalue weighted by Gasteiger charge is -2.22. The van der Waals surface area contributed by atoms with Crippen LogP contribution >= 0.6 is 0 Å². The van der Waals surface area contributed by atoms with E-state index in [1.54, 1.807) is 0 Å². The van der Waals surface area contributed by atoms with E-state index in [1.807, 2.05) is 4.90 Å². The minimum atomic E-state index is 0.372. The van der Waals surface area contributed by atoms with E-state index in [9.17, 15) is 4.79 Å². The Labute approximate surface area is 61.2 Å². The molecule has 2 atom stereocenters. The molecule has 1 heterocycles. The van der Waals surface area contributed by atoms with Gasteiger partial charge in [-0.1, -0.05) is 0 Å². The third-order valence-electron chi connectivity index (χ3n) is 2.52. The average molecular weight is 139 g/mol. The molecular weight excluding hydrogens is 126 g/mol. The van der Waals surface area contributed by atoms with Gasteiger partial charge >= 0.3 is 0 Å². The predicted molar refractivity (Wildman–Crippen MR) is 38.5 cm³/mol. The van der Waals surface area contributed by atoms with Crippen LogP contribution in [0.1, 0.15) is 26.7 Å². The molecule has 0 aromatic carbocycles. The van der Waals surface area contributed by atoms with Gasteiger partial charge in [-0.05, 0) is 26.2 Å². The molecule has 1 aliphatic carbocycles. The van der Waals surface area contributed by atoms with Crippen molar-refractivity contribution in [2.75, 3.05) is 0 Å². The first-order chi connectivity index (χ1) is 4.70. The lowest BCUT2D eigenvalue weighted by atomic mass is 10.3. The van der Waals surface area contributed by atoms with E-state index in [2.05, 4.69) is 13.8 Å². The number of rotatable bonds is 1. The molecule has 2 heteroatoms. The number of carbonyl (C=O) groups is 1. The number of fused-ring (bicyclic) bond motifs is 1. The molecule has 1 amide bonds. The van der Waals surface area contributed by atoms with Crippen molar-refractivity contribution in [2.24, 2.45) is 5.92 Å². The van der Waals surface area contributed by atoms with Crippen molar-refractivity contribution in [3.05, 3.63) is 0 Å². The van der Waals surface area contributed by atoms with Gasteiger partial charge in [0, 0.05) is 18.5 Å². The summed E-state index contributed by atoms with van der Waals surface area (Å²) >= 11 is 0. The topological polar surface area (TPSA) is 20.3 Å². The van der Waals surface area contributed by atoms with Crippen LogP contribution in [-0.4, -0.2) is 22.9 Å².